The van der Waals surface area contributed by atoms with Gasteiger partial charge in [0.1, 0.15) is 17.2 Å². The number of para-hydroxylation sites is 1. The topological polar surface area (TPSA) is 77.7 Å². The van der Waals surface area contributed by atoms with Crippen LogP contribution in [0.4, 0.5) is 28.9 Å². The number of aromatic nitrogens is 1. The Bertz CT molecular complexity index is 1360. The lowest BCUT2D eigenvalue weighted by atomic mass is 9.84. The van der Waals surface area contributed by atoms with E-state index in [1.807, 2.05) is 0 Å². The molecule has 0 aliphatic heterocycles. The minimum Gasteiger partial charge on any atom is -0.372 e. The number of aryl methyl sites for hydroxylation is 1. The first-order valence-corrected chi connectivity index (χ1v) is 11.5. The number of nitrogens with one attached hydrogen (secondary N) is 2. The van der Waals surface area contributed by atoms with E-state index in [4.69, 9.17) is 5.41 Å². The van der Waals surface area contributed by atoms with Crippen molar-refractivity contribution in [2.75, 3.05) is 13.6 Å². The number of benzene rings is 3. The number of hydrogen-bond donors (Lipinski definition) is 4. The summed E-state index contributed by atoms with van der Waals surface area (Å²) in [7, 11) is 1.81. The van der Waals surface area contributed by atoms with Crippen molar-refractivity contribution in [2.45, 2.75) is 24.7 Å². The highest BCUT2D eigenvalue weighted by Crippen LogP contribution is 2.47. The molecular weight excluding hydrogens is 472 g/mol. The van der Waals surface area contributed by atoms with E-state index in [9.17, 15) is 22.7 Å². The number of aliphatic hydroxyl groups is 1. The first kappa shape index (κ1) is 25.6. The van der Waals surface area contributed by atoms with E-state index in [-0.39, 0.29) is 16.7 Å². The van der Waals surface area contributed by atoms with E-state index in [2.05, 4.69) is 5.32 Å². The molecule has 36 heavy (non-hydrogen) atoms. The highest BCUT2D eigenvalue weighted by Gasteiger charge is 2.57. The van der Waals surface area contributed by atoms with Crippen LogP contribution in [0.15, 0.2) is 72.9 Å². The van der Waals surface area contributed by atoms with Crippen LogP contribution in [0.5, 0.6) is 0 Å². The van der Waals surface area contributed by atoms with Crippen LogP contribution in [-0.2, 0) is 12.1 Å². The Labute approximate surface area is 205 Å². The van der Waals surface area contributed by atoms with Gasteiger partial charge >= 0.3 is 6.18 Å². The maximum Gasteiger partial charge on any atom is 0.425 e. The summed E-state index contributed by atoms with van der Waals surface area (Å²) in [5.41, 5.74) is -2.06. The van der Waals surface area contributed by atoms with Crippen LogP contribution >= 0.6 is 0 Å². The summed E-state index contributed by atoms with van der Waals surface area (Å²) >= 11 is 0. The van der Waals surface area contributed by atoms with Crippen molar-refractivity contribution in [2.24, 2.45) is 0 Å². The molecule has 1 atom stereocenters. The third kappa shape index (κ3) is 4.77. The first-order chi connectivity index (χ1) is 17.2. The van der Waals surface area contributed by atoms with Gasteiger partial charge in [0.2, 0.25) is 5.60 Å². The number of fused-ring (bicyclic) bond motifs is 1. The lowest BCUT2D eigenvalue weighted by Crippen LogP contribution is -2.71. The zero-order valence-corrected chi connectivity index (χ0v) is 19.6. The van der Waals surface area contributed by atoms with E-state index < -0.39 is 17.6 Å². The van der Waals surface area contributed by atoms with Crippen LogP contribution in [0.3, 0.4) is 0 Å². The number of nitrogens with two attached hydrogens (primary N) is 1. The molecule has 188 valence electrons. The van der Waals surface area contributed by atoms with Crippen LogP contribution in [0.1, 0.15) is 23.1 Å². The first-order valence-electron chi connectivity index (χ1n) is 11.5. The zero-order valence-electron chi connectivity index (χ0n) is 19.6. The van der Waals surface area contributed by atoms with Gasteiger partial charge in [-0.25, -0.2) is 4.39 Å². The summed E-state index contributed by atoms with van der Waals surface area (Å²) in [6.07, 6.45) is -2.02. The molecule has 1 heterocycles. The molecule has 0 fully saturated rings. The third-order valence-electron chi connectivity index (χ3n) is 6.27. The monoisotopic (exact) mass is 499 g/mol. The summed E-state index contributed by atoms with van der Waals surface area (Å²) in [6.45, 7) is 1.17. The molecule has 3 aromatic carbocycles. The summed E-state index contributed by atoms with van der Waals surface area (Å²) < 4.78 is 59.0. The average Bonchev–Trinajstić information content (AvgIpc) is 3.23. The minimum atomic E-state index is -5.03. The molecule has 0 amide bonds. The lowest BCUT2D eigenvalue weighted by molar-refractivity contribution is -0.478. The average molecular weight is 500 g/mol. The Balaban J connectivity index is 1.83. The molecule has 1 aromatic heterocycles. The number of halogens is 4. The second-order valence-electron chi connectivity index (χ2n) is 8.60. The van der Waals surface area contributed by atoms with Crippen molar-refractivity contribution in [3.8, 4) is 0 Å². The second-order valence-corrected chi connectivity index (χ2v) is 8.60. The number of nitrogens with zero attached hydrogens (tertiary/aromatic N) is 1. The van der Waals surface area contributed by atoms with Gasteiger partial charge in [-0.05, 0) is 55.9 Å². The van der Waals surface area contributed by atoms with Crippen LogP contribution < -0.4 is 10.6 Å². The Morgan fingerprint density at radius 3 is 2.44 bits per heavy atom. The van der Waals surface area contributed by atoms with Gasteiger partial charge < -0.3 is 20.4 Å². The fourth-order valence-electron chi connectivity index (χ4n) is 4.41. The van der Waals surface area contributed by atoms with Crippen molar-refractivity contribution in [1.29, 1.82) is 5.41 Å². The summed E-state index contributed by atoms with van der Waals surface area (Å²) in [6, 6.07) is 16.2. The Morgan fingerprint density at radius 2 is 1.78 bits per heavy atom. The highest BCUT2D eigenvalue weighted by molar-refractivity contribution is 5.87. The lowest BCUT2D eigenvalue weighted by Gasteiger charge is -2.31. The number of hydrogen-bond acceptors (Lipinski definition) is 3. The molecule has 5 N–H and O–H groups in total. The molecule has 4 rings (SSSR count). The van der Waals surface area contributed by atoms with Crippen molar-refractivity contribution < 1.29 is 28.0 Å². The van der Waals surface area contributed by atoms with Crippen molar-refractivity contribution in [1.82, 2.24) is 9.88 Å². The molecular formula is C27H27F4N4O+. The molecule has 0 aliphatic rings. The minimum absolute atomic E-state index is 0.192. The third-order valence-corrected chi connectivity index (χ3v) is 6.27. The van der Waals surface area contributed by atoms with Crippen LogP contribution in [0, 0.1) is 11.2 Å². The molecule has 0 bridgehead atoms. The molecule has 0 spiro atoms. The standard InChI is InChI=1S/C27H26F4N4O/c1-33-13-4-14-35-17-23(22-5-2-3-6-25(22)35)26(36,27(29,30)31)19-7-12-24(18(15-19)16-32)34-21-10-8-20(28)9-11-21/h2-3,5-12,15-17,32-34,36H,4,13-14H2,1H3/p+1. The zero-order chi connectivity index (χ0) is 25.9. The Morgan fingerprint density at radius 1 is 1.06 bits per heavy atom. The van der Waals surface area contributed by atoms with Crippen LogP contribution in [0.25, 0.3) is 10.9 Å². The summed E-state index contributed by atoms with van der Waals surface area (Å²) in [5, 5.41) is 24.2. The number of alkyl halides is 3. The predicted octanol–water partition coefficient (Wildman–Crippen LogP) is 4.71. The molecule has 5 nitrogen and oxygen atoms in total. The van der Waals surface area contributed by atoms with Gasteiger partial charge in [-0.1, -0.05) is 18.2 Å². The molecule has 0 saturated heterocycles. The van der Waals surface area contributed by atoms with Gasteiger partial charge in [0, 0.05) is 53.6 Å². The van der Waals surface area contributed by atoms with E-state index in [0.29, 0.717) is 41.8 Å². The quantitative estimate of drug-likeness (QED) is 0.117. The van der Waals surface area contributed by atoms with Gasteiger partial charge in [0.25, 0.3) is 0 Å². The van der Waals surface area contributed by atoms with Crippen LogP contribution in [-0.4, -0.2) is 35.7 Å². The van der Waals surface area contributed by atoms with Gasteiger partial charge in [0.15, 0.2) is 0 Å². The number of rotatable bonds is 9. The maximum atomic E-state index is 14.7. The van der Waals surface area contributed by atoms with E-state index in [0.717, 1.165) is 6.21 Å². The maximum absolute atomic E-state index is 14.7. The van der Waals surface area contributed by atoms with Crippen molar-refractivity contribution in [3.63, 3.8) is 0 Å². The molecule has 0 aliphatic carbocycles. The second kappa shape index (κ2) is 10.2. The SMILES string of the molecule is CNCCCn1cc(C(O)(c2ccc([NH2+]c3ccc(F)cc3)c(C=N)c2)C(F)(F)F)c2ccccc21. The summed E-state index contributed by atoms with van der Waals surface area (Å²) in [5.74, 6) is -0.407. The van der Waals surface area contributed by atoms with E-state index in [1.165, 1.54) is 48.7 Å². The normalized spacial score (nSPS) is 13.6. The Kier molecular flexibility index (Phi) is 7.26. The van der Waals surface area contributed by atoms with Gasteiger partial charge in [0.05, 0.1) is 5.56 Å². The fraction of sp³-hybridized carbons (Fsp3) is 0.222. The van der Waals surface area contributed by atoms with Crippen molar-refractivity contribution >= 4 is 28.5 Å². The molecule has 9 heteroatoms. The van der Waals surface area contributed by atoms with Gasteiger partial charge in [-0.15, -0.1) is 0 Å². The van der Waals surface area contributed by atoms with Gasteiger partial charge in [-0.3, -0.25) is 5.32 Å². The van der Waals surface area contributed by atoms with Crippen molar-refractivity contribution in [3.05, 3.63) is 95.4 Å². The highest BCUT2D eigenvalue weighted by atomic mass is 19.4. The predicted molar refractivity (Wildman–Crippen MR) is 132 cm³/mol. The van der Waals surface area contributed by atoms with E-state index >= 15 is 0 Å². The van der Waals surface area contributed by atoms with E-state index in [1.54, 1.807) is 41.2 Å². The smallest absolute Gasteiger partial charge is 0.372 e. The number of quaternary nitrogens is 1. The molecule has 0 saturated carbocycles. The molecule has 1 unspecified atom stereocenters. The molecule has 4 aromatic rings. The summed E-state index contributed by atoms with van der Waals surface area (Å²) in [4.78, 5) is 0. The fourth-order valence-corrected chi connectivity index (χ4v) is 4.41. The largest absolute Gasteiger partial charge is 0.425 e. The van der Waals surface area contributed by atoms with Gasteiger partial charge in [-0.2, -0.15) is 13.2 Å². The Hall–Kier alpha value is -3.53. The molecule has 0 radical (unpaired) electrons. The van der Waals surface area contributed by atoms with Crippen LogP contribution in [0.2, 0.25) is 0 Å².